The van der Waals surface area contributed by atoms with E-state index in [4.69, 9.17) is 0 Å². The van der Waals surface area contributed by atoms with Crippen molar-refractivity contribution in [2.75, 3.05) is 25.0 Å². The first-order valence-corrected chi connectivity index (χ1v) is 8.00. The standard InChI is InChI=1S/C17H25N3O.ClH/c1-12-9-20(10-13(2)18-12)11-17(21)19-16-7-6-14-4-3-5-15(14)8-16;/h6-8,12-13,18H,3-5,9-11H2,1-2H3,(H,19,21);1H. The predicted molar refractivity (Wildman–Crippen MR) is 92.8 cm³/mol. The molecule has 1 fully saturated rings. The van der Waals surface area contributed by atoms with Crippen LogP contribution in [0.25, 0.3) is 0 Å². The fourth-order valence-electron chi connectivity index (χ4n) is 3.62. The molecule has 0 aromatic heterocycles. The van der Waals surface area contributed by atoms with Crippen molar-refractivity contribution in [3.8, 4) is 0 Å². The normalized spacial score (nSPS) is 24.5. The molecule has 5 heteroatoms. The highest BCUT2D eigenvalue weighted by Gasteiger charge is 2.22. The Kier molecular flexibility index (Phi) is 5.84. The van der Waals surface area contributed by atoms with Crippen molar-refractivity contribution in [1.82, 2.24) is 10.2 Å². The summed E-state index contributed by atoms with van der Waals surface area (Å²) in [6, 6.07) is 7.23. The molecule has 1 aliphatic heterocycles. The first-order valence-electron chi connectivity index (χ1n) is 8.00. The van der Waals surface area contributed by atoms with Gasteiger partial charge in [0.1, 0.15) is 0 Å². The average molecular weight is 324 g/mol. The van der Waals surface area contributed by atoms with E-state index in [2.05, 4.69) is 41.5 Å². The molecule has 1 heterocycles. The minimum Gasteiger partial charge on any atom is -0.325 e. The van der Waals surface area contributed by atoms with Crippen LogP contribution in [-0.2, 0) is 17.6 Å². The number of aryl methyl sites for hydroxylation is 2. The van der Waals surface area contributed by atoms with E-state index < -0.39 is 0 Å². The van der Waals surface area contributed by atoms with Gasteiger partial charge in [-0.2, -0.15) is 0 Å². The number of carbonyl (C=O) groups is 1. The van der Waals surface area contributed by atoms with Gasteiger partial charge in [0, 0.05) is 30.9 Å². The Morgan fingerprint density at radius 2 is 1.91 bits per heavy atom. The number of halogens is 1. The molecule has 22 heavy (non-hydrogen) atoms. The molecule has 0 radical (unpaired) electrons. The van der Waals surface area contributed by atoms with Crippen molar-refractivity contribution < 1.29 is 4.79 Å². The number of piperazine rings is 1. The van der Waals surface area contributed by atoms with E-state index in [-0.39, 0.29) is 18.3 Å². The third-order valence-corrected chi connectivity index (χ3v) is 4.38. The van der Waals surface area contributed by atoms with E-state index in [1.54, 1.807) is 0 Å². The van der Waals surface area contributed by atoms with Gasteiger partial charge in [0.15, 0.2) is 0 Å². The van der Waals surface area contributed by atoms with Crippen molar-refractivity contribution in [3.05, 3.63) is 29.3 Å². The Morgan fingerprint density at radius 1 is 1.23 bits per heavy atom. The maximum atomic E-state index is 12.2. The number of hydrogen-bond acceptors (Lipinski definition) is 3. The minimum absolute atomic E-state index is 0. The van der Waals surface area contributed by atoms with Crippen LogP contribution in [0.15, 0.2) is 18.2 Å². The second kappa shape index (κ2) is 7.44. The summed E-state index contributed by atoms with van der Waals surface area (Å²) in [5, 5.41) is 6.53. The maximum absolute atomic E-state index is 12.2. The Bertz CT molecular complexity index is 525. The number of benzene rings is 1. The van der Waals surface area contributed by atoms with Crippen molar-refractivity contribution in [2.45, 2.75) is 45.2 Å². The average Bonchev–Trinajstić information content (AvgIpc) is 2.84. The van der Waals surface area contributed by atoms with Gasteiger partial charge >= 0.3 is 0 Å². The Balaban J connectivity index is 0.00000176. The van der Waals surface area contributed by atoms with E-state index in [9.17, 15) is 4.79 Å². The zero-order valence-electron chi connectivity index (χ0n) is 13.4. The van der Waals surface area contributed by atoms with Gasteiger partial charge in [0.05, 0.1) is 6.54 Å². The molecule has 2 N–H and O–H groups in total. The first kappa shape index (κ1) is 17.3. The number of carbonyl (C=O) groups excluding carboxylic acids is 1. The summed E-state index contributed by atoms with van der Waals surface area (Å²) in [6.07, 6.45) is 3.56. The summed E-state index contributed by atoms with van der Waals surface area (Å²) in [5.41, 5.74) is 3.78. The monoisotopic (exact) mass is 323 g/mol. The van der Waals surface area contributed by atoms with Crippen LogP contribution in [0.4, 0.5) is 5.69 Å². The summed E-state index contributed by atoms with van der Waals surface area (Å²) in [6.45, 7) is 6.68. The molecule has 2 aliphatic rings. The lowest BCUT2D eigenvalue weighted by atomic mass is 10.1. The number of hydrogen-bond donors (Lipinski definition) is 2. The first-order chi connectivity index (χ1) is 10.1. The van der Waals surface area contributed by atoms with Gasteiger partial charge in [-0.15, -0.1) is 12.4 Å². The molecule has 4 nitrogen and oxygen atoms in total. The highest BCUT2D eigenvalue weighted by Crippen LogP contribution is 2.24. The molecule has 1 aliphatic carbocycles. The zero-order valence-corrected chi connectivity index (χ0v) is 14.2. The van der Waals surface area contributed by atoms with Gasteiger partial charge in [-0.05, 0) is 56.4 Å². The van der Waals surface area contributed by atoms with Crippen LogP contribution in [0.3, 0.4) is 0 Å². The third-order valence-electron chi connectivity index (χ3n) is 4.38. The number of amides is 1. The van der Waals surface area contributed by atoms with Crippen LogP contribution in [0.5, 0.6) is 0 Å². The summed E-state index contributed by atoms with van der Waals surface area (Å²) in [4.78, 5) is 14.5. The fourth-order valence-corrected chi connectivity index (χ4v) is 3.62. The summed E-state index contributed by atoms with van der Waals surface area (Å²) in [7, 11) is 0. The lowest BCUT2D eigenvalue weighted by Gasteiger charge is -2.35. The molecule has 0 saturated carbocycles. The summed E-state index contributed by atoms with van der Waals surface area (Å²) in [5.74, 6) is 0.0919. The SMILES string of the molecule is CC1CN(CC(=O)Nc2ccc3c(c2)CCC3)CC(C)N1.Cl. The van der Waals surface area contributed by atoms with Crippen LogP contribution in [0.1, 0.15) is 31.4 Å². The van der Waals surface area contributed by atoms with E-state index in [1.807, 2.05) is 6.07 Å². The number of nitrogens with zero attached hydrogens (tertiary/aromatic N) is 1. The smallest absolute Gasteiger partial charge is 0.238 e. The topological polar surface area (TPSA) is 44.4 Å². The van der Waals surface area contributed by atoms with Crippen LogP contribution >= 0.6 is 12.4 Å². The minimum atomic E-state index is 0. The third kappa shape index (κ3) is 4.22. The molecular weight excluding hydrogens is 298 g/mol. The van der Waals surface area contributed by atoms with Gasteiger partial charge in [-0.25, -0.2) is 0 Å². The molecule has 0 bridgehead atoms. The molecule has 1 aromatic carbocycles. The molecular formula is C17H26ClN3O. The zero-order chi connectivity index (χ0) is 14.8. The quantitative estimate of drug-likeness (QED) is 0.896. The van der Waals surface area contributed by atoms with Crippen molar-refractivity contribution in [1.29, 1.82) is 0 Å². The highest BCUT2D eigenvalue weighted by molar-refractivity contribution is 5.92. The predicted octanol–water partition coefficient (Wildman–Crippen LogP) is 2.22. The number of anilines is 1. The largest absolute Gasteiger partial charge is 0.325 e. The fraction of sp³-hybridized carbons (Fsp3) is 0.588. The van der Waals surface area contributed by atoms with Gasteiger partial charge in [-0.3, -0.25) is 9.69 Å². The van der Waals surface area contributed by atoms with E-state index in [0.717, 1.165) is 25.2 Å². The lowest BCUT2D eigenvalue weighted by molar-refractivity contribution is -0.117. The Labute approximate surface area is 139 Å². The summed E-state index contributed by atoms with van der Waals surface area (Å²) >= 11 is 0. The van der Waals surface area contributed by atoms with E-state index in [0.29, 0.717) is 18.6 Å². The molecule has 3 rings (SSSR count). The molecule has 122 valence electrons. The lowest BCUT2D eigenvalue weighted by Crippen LogP contribution is -2.55. The molecule has 1 amide bonds. The maximum Gasteiger partial charge on any atom is 0.238 e. The van der Waals surface area contributed by atoms with Crippen LogP contribution < -0.4 is 10.6 Å². The molecule has 2 unspecified atom stereocenters. The van der Waals surface area contributed by atoms with E-state index in [1.165, 1.54) is 24.0 Å². The van der Waals surface area contributed by atoms with Crippen molar-refractivity contribution in [3.63, 3.8) is 0 Å². The number of nitrogens with one attached hydrogen (secondary N) is 2. The Morgan fingerprint density at radius 3 is 2.64 bits per heavy atom. The van der Waals surface area contributed by atoms with Crippen LogP contribution in [-0.4, -0.2) is 42.5 Å². The molecule has 0 spiro atoms. The van der Waals surface area contributed by atoms with Crippen molar-refractivity contribution >= 4 is 24.0 Å². The van der Waals surface area contributed by atoms with Crippen LogP contribution in [0.2, 0.25) is 0 Å². The van der Waals surface area contributed by atoms with Gasteiger partial charge in [0.25, 0.3) is 0 Å². The molecule has 2 atom stereocenters. The Hall–Kier alpha value is -1.10. The van der Waals surface area contributed by atoms with Gasteiger partial charge in [-0.1, -0.05) is 6.07 Å². The second-order valence-corrected chi connectivity index (χ2v) is 6.55. The van der Waals surface area contributed by atoms with Gasteiger partial charge in [0.2, 0.25) is 5.91 Å². The number of fused-ring (bicyclic) bond motifs is 1. The van der Waals surface area contributed by atoms with Crippen LogP contribution in [0, 0.1) is 0 Å². The summed E-state index contributed by atoms with van der Waals surface area (Å²) < 4.78 is 0. The molecule has 1 aromatic rings. The highest BCUT2D eigenvalue weighted by atomic mass is 35.5. The van der Waals surface area contributed by atoms with E-state index >= 15 is 0 Å². The number of rotatable bonds is 3. The molecule has 1 saturated heterocycles. The van der Waals surface area contributed by atoms with Gasteiger partial charge < -0.3 is 10.6 Å². The second-order valence-electron chi connectivity index (χ2n) is 6.55. The van der Waals surface area contributed by atoms with Crippen molar-refractivity contribution in [2.24, 2.45) is 0 Å².